The van der Waals surface area contributed by atoms with Crippen LogP contribution in [0.2, 0.25) is 0 Å². The molecule has 3 aromatic carbocycles. The first kappa shape index (κ1) is 28.1. The van der Waals surface area contributed by atoms with E-state index in [9.17, 15) is 4.79 Å². The van der Waals surface area contributed by atoms with Crippen molar-refractivity contribution in [1.29, 1.82) is 0 Å². The number of hydrogen-bond donors (Lipinski definition) is 2. The summed E-state index contributed by atoms with van der Waals surface area (Å²) in [6.45, 7) is 2.46. The van der Waals surface area contributed by atoms with E-state index in [0.717, 1.165) is 27.1 Å². The molecule has 196 valence electrons. The van der Waals surface area contributed by atoms with Gasteiger partial charge in [-0.15, -0.1) is 10.2 Å². The number of halogens is 2. The number of para-hydroxylation sites is 1. The van der Waals surface area contributed by atoms with Crippen molar-refractivity contribution in [2.45, 2.75) is 24.7 Å². The number of ether oxygens (including phenoxy) is 1. The van der Waals surface area contributed by atoms with E-state index in [1.54, 1.807) is 6.21 Å². The molecule has 11 heteroatoms. The highest BCUT2D eigenvalue weighted by atomic mass is 127. The molecular formula is C27H26BrIN6O2S. The summed E-state index contributed by atoms with van der Waals surface area (Å²) in [6, 6.07) is 23.6. The van der Waals surface area contributed by atoms with Crippen LogP contribution in [0, 0.1) is 3.57 Å². The Morgan fingerprint density at radius 1 is 1.13 bits per heavy atom. The second kappa shape index (κ2) is 13.8. The maximum absolute atomic E-state index is 12.4. The number of nitrogens with zero attached hydrogens (tertiary/aromatic N) is 4. The number of carbonyl (C=O) groups excluding carboxylic acids is 1. The predicted molar refractivity (Wildman–Crippen MR) is 164 cm³/mol. The van der Waals surface area contributed by atoms with Crippen molar-refractivity contribution >= 4 is 68.1 Å². The van der Waals surface area contributed by atoms with Crippen LogP contribution in [0.3, 0.4) is 0 Å². The predicted octanol–water partition coefficient (Wildman–Crippen LogP) is 6.18. The van der Waals surface area contributed by atoms with Crippen LogP contribution in [0.1, 0.15) is 29.9 Å². The van der Waals surface area contributed by atoms with Crippen LogP contribution >= 0.6 is 50.3 Å². The lowest BCUT2D eigenvalue weighted by Gasteiger charge is -2.14. The van der Waals surface area contributed by atoms with Gasteiger partial charge in [-0.1, -0.05) is 52.0 Å². The van der Waals surface area contributed by atoms with Gasteiger partial charge in [-0.25, -0.2) is 5.43 Å². The normalized spacial score (nSPS) is 11.9. The number of anilines is 1. The molecule has 0 saturated heterocycles. The Hall–Kier alpha value is -2.90. The molecule has 0 aliphatic heterocycles. The zero-order valence-corrected chi connectivity index (χ0v) is 25.3. The van der Waals surface area contributed by atoms with E-state index < -0.39 is 0 Å². The van der Waals surface area contributed by atoms with Crippen LogP contribution in [-0.2, 0) is 18.4 Å². The largest absolute Gasteiger partial charge is 0.488 e. The number of hydrazone groups is 1. The molecule has 1 atom stereocenters. The fraction of sp³-hybridized carbons (Fsp3) is 0.185. The summed E-state index contributed by atoms with van der Waals surface area (Å²) in [5.41, 5.74) is 5.40. The summed E-state index contributed by atoms with van der Waals surface area (Å²) < 4.78 is 10.0. The number of hydrogen-bond acceptors (Lipinski definition) is 7. The third-order valence-corrected chi connectivity index (χ3v) is 7.70. The van der Waals surface area contributed by atoms with Gasteiger partial charge in [-0.3, -0.25) is 4.79 Å². The van der Waals surface area contributed by atoms with Crippen LogP contribution in [0.25, 0.3) is 0 Å². The van der Waals surface area contributed by atoms with Crippen LogP contribution in [0.4, 0.5) is 5.69 Å². The number of carbonyl (C=O) groups is 1. The van der Waals surface area contributed by atoms with E-state index >= 15 is 0 Å². The van der Waals surface area contributed by atoms with Gasteiger partial charge in [0.2, 0.25) is 0 Å². The van der Waals surface area contributed by atoms with Crippen LogP contribution < -0.4 is 15.5 Å². The molecule has 0 spiro atoms. The van der Waals surface area contributed by atoms with E-state index in [0.29, 0.717) is 17.5 Å². The average molecular weight is 705 g/mol. The van der Waals surface area contributed by atoms with Gasteiger partial charge in [0.1, 0.15) is 12.4 Å². The Balaban J connectivity index is 1.27. The monoisotopic (exact) mass is 704 g/mol. The van der Waals surface area contributed by atoms with Gasteiger partial charge in [-0.05, 0) is 83.6 Å². The first-order valence-corrected chi connectivity index (χ1v) is 14.6. The summed E-state index contributed by atoms with van der Waals surface area (Å²) in [5, 5.41) is 16.8. The van der Waals surface area contributed by atoms with Crippen molar-refractivity contribution in [3.05, 3.63) is 97.8 Å². The van der Waals surface area contributed by atoms with Gasteiger partial charge in [0.15, 0.2) is 11.0 Å². The van der Waals surface area contributed by atoms with E-state index in [2.05, 4.69) is 64.6 Å². The maximum Gasteiger partial charge on any atom is 0.250 e. The first-order chi connectivity index (χ1) is 18.4. The number of amides is 1. The summed E-state index contributed by atoms with van der Waals surface area (Å²) in [4.78, 5) is 12.4. The summed E-state index contributed by atoms with van der Waals surface area (Å²) >= 11 is 7.02. The van der Waals surface area contributed by atoms with Crippen molar-refractivity contribution in [3.8, 4) is 5.75 Å². The second-order valence-electron chi connectivity index (χ2n) is 8.31. The van der Waals surface area contributed by atoms with Gasteiger partial charge in [-0.2, -0.15) is 5.10 Å². The molecule has 0 unspecified atom stereocenters. The molecule has 1 aromatic heterocycles. The molecule has 4 rings (SSSR count). The Kier molecular flexibility index (Phi) is 10.2. The molecule has 0 fully saturated rings. The summed E-state index contributed by atoms with van der Waals surface area (Å²) in [5.74, 6) is 1.38. The molecule has 0 radical (unpaired) electrons. The minimum Gasteiger partial charge on any atom is -0.488 e. The van der Waals surface area contributed by atoms with E-state index in [4.69, 9.17) is 4.74 Å². The van der Waals surface area contributed by atoms with Gasteiger partial charge >= 0.3 is 0 Å². The topological polar surface area (TPSA) is 93.4 Å². The summed E-state index contributed by atoms with van der Waals surface area (Å²) in [7, 11) is 1.89. The fourth-order valence-corrected chi connectivity index (χ4v) is 4.82. The Morgan fingerprint density at radius 2 is 1.87 bits per heavy atom. The SMILES string of the molecule is C[C@@H](Nc1ccc(I)cc1)c1nnc(SCC(=O)N/N=C/c2ccccc2OCc2ccc(Br)cc2)n1C. The third-order valence-electron chi connectivity index (χ3n) is 5.44. The molecule has 0 aliphatic carbocycles. The average Bonchev–Trinajstić information content (AvgIpc) is 3.29. The molecular weight excluding hydrogens is 679 g/mol. The highest BCUT2D eigenvalue weighted by Gasteiger charge is 2.16. The Bertz CT molecular complexity index is 1400. The smallest absolute Gasteiger partial charge is 0.250 e. The lowest BCUT2D eigenvalue weighted by Crippen LogP contribution is -2.20. The standard InChI is InChI=1S/C27H26BrIN6O2S/c1-18(31-23-13-11-22(29)12-14-23)26-33-34-27(35(26)2)38-17-25(36)32-30-15-20-5-3-4-6-24(20)37-16-19-7-9-21(28)10-8-19/h3-15,18,31H,16-17H2,1-2H3,(H,32,36)/b30-15+/t18-/m1/s1. The molecule has 38 heavy (non-hydrogen) atoms. The van der Waals surface area contributed by atoms with E-state index in [-0.39, 0.29) is 17.7 Å². The zero-order valence-electron chi connectivity index (χ0n) is 20.8. The quantitative estimate of drug-likeness (QED) is 0.0839. The molecule has 8 nitrogen and oxygen atoms in total. The van der Waals surface area contributed by atoms with E-state index in [1.165, 1.54) is 15.3 Å². The minimum absolute atomic E-state index is 0.0496. The fourth-order valence-electron chi connectivity index (χ4n) is 3.49. The van der Waals surface area contributed by atoms with E-state index in [1.807, 2.05) is 91.3 Å². The number of rotatable bonds is 11. The number of nitrogens with one attached hydrogen (secondary N) is 2. The molecule has 0 bridgehead atoms. The van der Waals surface area contributed by atoms with Crippen LogP contribution in [0.5, 0.6) is 5.75 Å². The second-order valence-corrected chi connectivity index (χ2v) is 11.4. The van der Waals surface area contributed by atoms with Gasteiger partial charge in [0.05, 0.1) is 18.0 Å². The molecule has 0 saturated carbocycles. The summed E-state index contributed by atoms with van der Waals surface area (Å²) in [6.07, 6.45) is 1.58. The minimum atomic E-state index is -0.242. The Labute approximate surface area is 247 Å². The Morgan fingerprint density at radius 3 is 2.63 bits per heavy atom. The maximum atomic E-state index is 12.4. The molecule has 4 aromatic rings. The number of benzene rings is 3. The van der Waals surface area contributed by atoms with Crippen molar-refractivity contribution in [3.63, 3.8) is 0 Å². The lowest BCUT2D eigenvalue weighted by molar-refractivity contribution is -0.118. The lowest BCUT2D eigenvalue weighted by atomic mass is 10.2. The highest BCUT2D eigenvalue weighted by Crippen LogP contribution is 2.23. The van der Waals surface area contributed by atoms with Crippen molar-refractivity contribution in [2.24, 2.45) is 12.1 Å². The van der Waals surface area contributed by atoms with Crippen LogP contribution in [0.15, 0.2) is 87.5 Å². The van der Waals surface area contributed by atoms with Crippen molar-refractivity contribution < 1.29 is 9.53 Å². The van der Waals surface area contributed by atoms with Gasteiger partial charge in [0.25, 0.3) is 5.91 Å². The van der Waals surface area contributed by atoms with Crippen molar-refractivity contribution in [1.82, 2.24) is 20.2 Å². The highest BCUT2D eigenvalue weighted by molar-refractivity contribution is 14.1. The first-order valence-electron chi connectivity index (χ1n) is 11.7. The molecule has 1 amide bonds. The van der Waals surface area contributed by atoms with Crippen LogP contribution in [-0.4, -0.2) is 32.6 Å². The number of thioether (sulfide) groups is 1. The molecule has 2 N–H and O–H groups in total. The zero-order chi connectivity index (χ0) is 26.9. The van der Waals surface area contributed by atoms with Gasteiger partial charge in [0, 0.05) is 26.3 Å². The number of aromatic nitrogens is 3. The molecule has 1 heterocycles. The third kappa shape index (κ3) is 8.05. The molecule has 0 aliphatic rings. The van der Waals surface area contributed by atoms with Gasteiger partial charge < -0.3 is 14.6 Å². The van der Waals surface area contributed by atoms with Crippen molar-refractivity contribution in [2.75, 3.05) is 11.1 Å².